The van der Waals surface area contributed by atoms with Crippen molar-refractivity contribution in [1.82, 2.24) is 9.97 Å². The second-order valence-corrected chi connectivity index (χ2v) is 6.46. The Hall–Kier alpha value is -2.82. The van der Waals surface area contributed by atoms with E-state index in [1.165, 1.54) is 0 Å². The van der Waals surface area contributed by atoms with Crippen molar-refractivity contribution in [2.45, 2.75) is 39.9 Å². The van der Waals surface area contributed by atoms with Crippen molar-refractivity contribution in [3.8, 4) is 22.9 Å². The summed E-state index contributed by atoms with van der Waals surface area (Å²) < 4.78 is 11.6. The van der Waals surface area contributed by atoms with Crippen LogP contribution < -0.4 is 15.0 Å². The summed E-state index contributed by atoms with van der Waals surface area (Å²) in [5.41, 5.74) is 1.24. The summed E-state index contributed by atoms with van der Waals surface area (Å²) in [6, 6.07) is 12.8. The van der Waals surface area contributed by atoms with E-state index in [0.717, 1.165) is 5.56 Å². The maximum absolute atomic E-state index is 12.3. The first-order chi connectivity index (χ1) is 11.9. The van der Waals surface area contributed by atoms with Gasteiger partial charge >= 0.3 is 0 Å². The molecule has 1 aromatic heterocycles. The summed E-state index contributed by atoms with van der Waals surface area (Å²) in [6.45, 7) is 7.86. The minimum absolute atomic E-state index is 0.0331. The Morgan fingerprint density at radius 2 is 1.52 bits per heavy atom. The molecular formula is C20H22N2O3. The molecule has 0 aliphatic heterocycles. The van der Waals surface area contributed by atoms with E-state index in [0.29, 0.717) is 28.2 Å². The second kappa shape index (κ2) is 6.97. The molecule has 130 valence electrons. The van der Waals surface area contributed by atoms with Crippen LogP contribution in [0.15, 0.2) is 47.3 Å². The van der Waals surface area contributed by atoms with Crippen molar-refractivity contribution in [3.05, 3.63) is 52.8 Å². The van der Waals surface area contributed by atoms with Crippen molar-refractivity contribution < 1.29 is 9.47 Å². The van der Waals surface area contributed by atoms with Gasteiger partial charge in [-0.25, -0.2) is 4.98 Å². The lowest BCUT2D eigenvalue weighted by Gasteiger charge is -2.15. The Kier molecular flexibility index (Phi) is 4.74. The molecule has 0 saturated heterocycles. The van der Waals surface area contributed by atoms with Gasteiger partial charge in [0, 0.05) is 11.6 Å². The highest BCUT2D eigenvalue weighted by Crippen LogP contribution is 2.29. The highest BCUT2D eigenvalue weighted by molar-refractivity contribution is 5.79. The average molecular weight is 338 g/mol. The molecule has 5 nitrogen and oxygen atoms in total. The van der Waals surface area contributed by atoms with Crippen LogP contribution in [0.3, 0.4) is 0 Å². The quantitative estimate of drug-likeness (QED) is 0.758. The molecule has 0 unspecified atom stereocenters. The fraction of sp³-hybridized carbons (Fsp3) is 0.300. The van der Waals surface area contributed by atoms with E-state index < -0.39 is 0 Å². The second-order valence-electron chi connectivity index (χ2n) is 6.46. The zero-order valence-corrected chi connectivity index (χ0v) is 14.9. The molecule has 0 fully saturated rings. The van der Waals surface area contributed by atoms with Crippen molar-refractivity contribution in [2.75, 3.05) is 0 Å². The lowest BCUT2D eigenvalue weighted by Crippen LogP contribution is -2.11. The molecule has 2 aromatic carbocycles. The summed E-state index contributed by atoms with van der Waals surface area (Å²) in [4.78, 5) is 19.8. The van der Waals surface area contributed by atoms with Crippen molar-refractivity contribution in [2.24, 2.45) is 0 Å². The van der Waals surface area contributed by atoms with Crippen LogP contribution in [0.2, 0.25) is 0 Å². The number of aromatic nitrogens is 2. The number of ether oxygens (including phenoxy) is 2. The predicted octanol–water partition coefficient (Wildman–Crippen LogP) is 4.16. The number of para-hydroxylation sites is 1. The van der Waals surface area contributed by atoms with Gasteiger partial charge in [-0.15, -0.1) is 0 Å². The summed E-state index contributed by atoms with van der Waals surface area (Å²) in [6.07, 6.45) is 0.0662. The van der Waals surface area contributed by atoms with Crippen LogP contribution in [-0.2, 0) is 0 Å². The smallest absolute Gasteiger partial charge is 0.259 e. The number of hydrogen-bond acceptors (Lipinski definition) is 4. The molecule has 0 radical (unpaired) electrons. The molecule has 0 saturated carbocycles. The van der Waals surface area contributed by atoms with Gasteiger partial charge in [-0.05, 0) is 52.0 Å². The largest absolute Gasteiger partial charge is 0.491 e. The third kappa shape index (κ3) is 3.99. The minimum Gasteiger partial charge on any atom is -0.491 e. The Labute approximate surface area is 146 Å². The molecule has 0 spiro atoms. The third-order valence-electron chi connectivity index (χ3n) is 3.51. The first-order valence-electron chi connectivity index (χ1n) is 8.40. The van der Waals surface area contributed by atoms with Gasteiger partial charge in [-0.1, -0.05) is 12.1 Å². The van der Waals surface area contributed by atoms with Gasteiger partial charge in [0.2, 0.25) is 0 Å². The van der Waals surface area contributed by atoms with Crippen LogP contribution >= 0.6 is 0 Å². The summed E-state index contributed by atoms with van der Waals surface area (Å²) in [5.74, 6) is 1.85. The lowest BCUT2D eigenvalue weighted by atomic mass is 10.1. The summed E-state index contributed by atoms with van der Waals surface area (Å²) in [7, 11) is 0. The number of fused-ring (bicyclic) bond motifs is 1. The molecule has 0 bridgehead atoms. The maximum Gasteiger partial charge on any atom is 0.259 e. The van der Waals surface area contributed by atoms with Crippen LogP contribution in [0.4, 0.5) is 0 Å². The fourth-order valence-electron chi connectivity index (χ4n) is 2.61. The van der Waals surface area contributed by atoms with E-state index in [1.807, 2.05) is 64.1 Å². The SMILES string of the molecule is CC(C)Oc1cc(OC(C)C)cc(-c2nc3ccccc3c(=O)[nH]2)c1. The number of nitrogens with zero attached hydrogens (tertiary/aromatic N) is 1. The molecule has 1 N–H and O–H groups in total. The standard InChI is InChI=1S/C20H22N2O3/c1-12(2)24-15-9-14(10-16(11-15)25-13(3)4)19-21-18-8-6-5-7-17(18)20(23)22-19/h5-13H,1-4H3,(H,21,22,23). The third-order valence-corrected chi connectivity index (χ3v) is 3.51. The fourth-order valence-corrected chi connectivity index (χ4v) is 2.61. The lowest BCUT2D eigenvalue weighted by molar-refractivity contribution is 0.229. The van der Waals surface area contributed by atoms with Gasteiger partial charge in [-0.3, -0.25) is 4.79 Å². The van der Waals surface area contributed by atoms with Crippen LogP contribution in [0.25, 0.3) is 22.3 Å². The van der Waals surface area contributed by atoms with E-state index in [9.17, 15) is 4.79 Å². The Morgan fingerprint density at radius 3 is 2.12 bits per heavy atom. The molecule has 1 heterocycles. The van der Waals surface area contributed by atoms with Gasteiger partial charge in [0.05, 0.1) is 23.1 Å². The Morgan fingerprint density at radius 1 is 0.920 bits per heavy atom. The molecule has 5 heteroatoms. The highest BCUT2D eigenvalue weighted by Gasteiger charge is 2.11. The molecule has 0 atom stereocenters. The highest BCUT2D eigenvalue weighted by atomic mass is 16.5. The van der Waals surface area contributed by atoms with Gasteiger partial charge in [-0.2, -0.15) is 0 Å². The van der Waals surface area contributed by atoms with Crippen molar-refractivity contribution >= 4 is 10.9 Å². The van der Waals surface area contributed by atoms with Crippen LogP contribution in [0.1, 0.15) is 27.7 Å². The zero-order chi connectivity index (χ0) is 18.0. The van der Waals surface area contributed by atoms with E-state index in [4.69, 9.17) is 9.47 Å². The van der Waals surface area contributed by atoms with Crippen molar-refractivity contribution in [1.29, 1.82) is 0 Å². The predicted molar refractivity (Wildman–Crippen MR) is 99.3 cm³/mol. The van der Waals surface area contributed by atoms with E-state index in [2.05, 4.69) is 9.97 Å². The Bertz CT molecular complexity index is 917. The molecule has 0 aliphatic rings. The van der Waals surface area contributed by atoms with Crippen LogP contribution in [0, 0.1) is 0 Å². The first-order valence-corrected chi connectivity index (χ1v) is 8.40. The average Bonchev–Trinajstić information content (AvgIpc) is 2.53. The van der Waals surface area contributed by atoms with Crippen LogP contribution in [-0.4, -0.2) is 22.2 Å². The van der Waals surface area contributed by atoms with Gasteiger partial charge in [0.25, 0.3) is 5.56 Å². The number of benzene rings is 2. The minimum atomic E-state index is -0.165. The number of H-pyrrole nitrogens is 1. The zero-order valence-electron chi connectivity index (χ0n) is 14.9. The van der Waals surface area contributed by atoms with Crippen LogP contribution in [0.5, 0.6) is 11.5 Å². The topological polar surface area (TPSA) is 64.2 Å². The van der Waals surface area contributed by atoms with Gasteiger partial charge in [0.15, 0.2) is 0 Å². The molecule has 0 aliphatic carbocycles. The van der Waals surface area contributed by atoms with Gasteiger partial charge < -0.3 is 14.5 Å². The number of rotatable bonds is 5. The van der Waals surface area contributed by atoms with E-state index >= 15 is 0 Å². The summed E-state index contributed by atoms with van der Waals surface area (Å²) in [5, 5.41) is 0.569. The van der Waals surface area contributed by atoms with Gasteiger partial charge in [0.1, 0.15) is 17.3 Å². The molecule has 3 rings (SSSR count). The molecule has 25 heavy (non-hydrogen) atoms. The molecule has 0 amide bonds. The maximum atomic E-state index is 12.3. The molecule has 3 aromatic rings. The monoisotopic (exact) mass is 338 g/mol. The Balaban J connectivity index is 2.13. The number of nitrogens with one attached hydrogen (secondary N) is 1. The number of aromatic amines is 1. The normalized spacial score (nSPS) is 11.3. The number of hydrogen-bond donors (Lipinski definition) is 1. The van der Waals surface area contributed by atoms with E-state index in [1.54, 1.807) is 6.07 Å². The summed E-state index contributed by atoms with van der Waals surface area (Å²) >= 11 is 0. The van der Waals surface area contributed by atoms with Crippen molar-refractivity contribution in [3.63, 3.8) is 0 Å². The molecular weight excluding hydrogens is 316 g/mol. The van der Waals surface area contributed by atoms with E-state index in [-0.39, 0.29) is 17.8 Å². The first kappa shape index (κ1) is 17.0.